The molecule has 9 nitrogen and oxygen atoms in total. The first-order valence-electron chi connectivity index (χ1n) is 11.5. The molecule has 3 aromatic rings. The van der Waals surface area contributed by atoms with E-state index in [1.165, 1.54) is 23.9 Å². The van der Waals surface area contributed by atoms with E-state index >= 15 is 0 Å². The quantitative estimate of drug-likeness (QED) is 0.211. The Balaban J connectivity index is 1.56. The molecule has 1 aromatic carbocycles. The maximum Gasteiger partial charge on any atom is 0.573 e. The van der Waals surface area contributed by atoms with Gasteiger partial charge in [-0.15, -0.1) is 24.9 Å². The minimum atomic E-state index is -4.80. The molecule has 38 heavy (non-hydrogen) atoms. The second-order valence-corrected chi connectivity index (χ2v) is 8.61. The highest BCUT2D eigenvalue weighted by atomic mass is 32.2. The van der Waals surface area contributed by atoms with Crippen LogP contribution < -0.4 is 20.7 Å². The Morgan fingerprint density at radius 3 is 2.55 bits per heavy atom. The summed E-state index contributed by atoms with van der Waals surface area (Å²) >= 11 is 1.31. The first kappa shape index (κ1) is 28.9. The second kappa shape index (κ2) is 14.3. The van der Waals surface area contributed by atoms with Gasteiger partial charge >= 0.3 is 6.36 Å². The van der Waals surface area contributed by atoms with E-state index in [9.17, 15) is 22.8 Å². The summed E-state index contributed by atoms with van der Waals surface area (Å²) in [5, 5.41) is 8.82. The monoisotopic (exact) mass is 549 g/mol. The third-order valence-corrected chi connectivity index (χ3v) is 5.82. The molecular weight excluding hydrogens is 523 g/mol. The molecule has 0 fully saturated rings. The standard InChI is InChI=1S/C25H26F3N5O4S/c1-2-36-13-12-29-15-22(34)33-21-14-17(9-11-30-21)16-38-24-20(4-3-10-31-24)23(35)32-18-5-7-19(8-6-18)37-25(26,27)28/h3-11,14,29H,2,12-13,15-16H2,1H3,(H,32,35)(H,30,33,34). The van der Waals surface area contributed by atoms with E-state index in [-0.39, 0.29) is 18.2 Å². The summed E-state index contributed by atoms with van der Waals surface area (Å²) in [5.74, 6) is -0.251. The van der Waals surface area contributed by atoms with Crippen LogP contribution in [-0.4, -0.2) is 54.4 Å². The van der Waals surface area contributed by atoms with Gasteiger partial charge in [0.1, 0.15) is 16.6 Å². The fraction of sp³-hybridized carbons (Fsp3) is 0.280. The summed E-state index contributed by atoms with van der Waals surface area (Å²) in [7, 11) is 0. The van der Waals surface area contributed by atoms with Gasteiger partial charge < -0.3 is 25.4 Å². The molecule has 202 valence electrons. The highest BCUT2D eigenvalue weighted by molar-refractivity contribution is 7.98. The zero-order valence-electron chi connectivity index (χ0n) is 20.4. The van der Waals surface area contributed by atoms with Crippen molar-refractivity contribution >= 4 is 35.1 Å². The molecular formula is C25H26F3N5O4S. The first-order chi connectivity index (χ1) is 18.2. The number of thioether (sulfide) groups is 1. The third-order valence-electron chi connectivity index (χ3n) is 4.74. The number of carbonyl (C=O) groups is 2. The molecule has 0 aliphatic carbocycles. The fourth-order valence-electron chi connectivity index (χ4n) is 3.08. The molecule has 2 aromatic heterocycles. The van der Waals surface area contributed by atoms with Gasteiger partial charge in [0.2, 0.25) is 5.91 Å². The van der Waals surface area contributed by atoms with Crippen molar-refractivity contribution in [3.63, 3.8) is 0 Å². The van der Waals surface area contributed by atoms with Crippen LogP contribution in [0.2, 0.25) is 0 Å². The summed E-state index contributed by atoms with van der Waals surface area (Å²) in [5.41, 5.74) is 1.45. The first-order valence-corrected chi connectivity index (χ1v) is 12.5. The van der Waals surface area contributed by atoms with Gasteiger partial charge in [0.05, 0.1) is 18.7 Å². The van der Waals surface area contributed by atoms with Crippen molar-refractivity contribution in [2.45, 2.75) is 24.1 Å². The number of amides is 2. The number of pyridine rings is 2. The van der Waals surface area contributed by atoms with E-state index in [1.807, 2.05) is 6.92 Å². The molecule has 2 heterocycles. The van der Waals surface area contributed by atoms with Gasteiger partial charge in [-0.3, -0.25) is 9.59 Å². The maximum atomic E-state index is 12.8. The van der Waals surface area contributed by atoms with E-state index in [2.05, 4.69) is 30.7 Å². The number of hydrogen-bond acceptors (Lipinski definition) is 8. The molecule has 0 unspecified atom stereocenters. The van der Waals surface area contributed by atoms with Crippen molar-refractivity contribution < 1.29 is 32.2 Å². The molecule has 0 spiro atoms. The zero-order valence-corrected chi connectivity index (χ0v) is 21.2. The number of carbonyl (C=O) groups excluding carboxylic acids is 2. The van der Waals surface area contributed by atoms with Gasteiger partial charge in [-0.1, -0.05) is 0 Å². The average Bonchev–Trinajstić information content (AvgIpc) is 2.88. The molecule has 0 radical (unpaired) electrons. The Hall–Kier alpha value is -3.68. The predicted molar refractivity (Wildman–Crippen MR) is 137 cm³/mol. The van der Waals surface area contributed by atoms with Crippen molar-refractivity contribution in [2.75, 3.05) is 36.9 Å². The van der Waals surface area contributed by atoms with Crippen molar-refractivity contribution in [1.82, 2.24) is 15.3 Å². The van der Waals surface area contributed by atoms with Crippen LogP contribution in [0, 0.1) is 0 Å². The van der Waals surface area contributed by atoms with Crippen LogP contribution in [0.3, 0.4) is 0 Å². The SMILES string of the molecule is CCOCCNCC(=O)Nc1cc(CSc2ncccc2C(=O)Nc2ccc(OC(F)(F)F)cc2)ccn1. The summed E-state index contributed by atoms with van der Waals surface area (Å²) in [6.45, 7) is 3.72. The van der Waals surface area contributed by atoms with Crippen LogP contribution in [0.4, 0.5) is 24.7 Å². The number of nitrogens with one attached hydrogen (secondary N) is 3. The van der Waals surface area contributed by atoms with E-state index in [1.54, 1.807) is 36.7 Å². The minimum Gasteiger partial charge on any atom is -0.406 e. The topological polar surface area (TPSA) is 114 Å². The highest BCUT2D eigenvalue weighted by Gasteiger charge is 2.31. The summed E-state index contributed by atoms with van der Waals surface area (Å²) in [6.07, 6.45) is -1.67. The maximum absolute atomic E-state index is 12.8. The fourth-order valence-corrected chi connectivity index (χ4v) is 4.01. The van der Waals surface area contributed by atoms with E-state index < -0.39 is 12.3 Å². The van der Waals surface area contributed by atoms with Crippen molar-refractivity contribution in [3.05, 3.63) is 72.1 Å². The molecule has 0 aliphatic rings. The van der Waals surface area contributed by atoms with E-state index in [0.717, 1.165) is 17.7 Å². The van der Waals surface area contributed by atoms with Gasteiger partial charge in [-0.05, 0) is 61.0 Å². The van der Waals surface area contributed by atoms with Gasteiger partial charge in [-0.25, -0.2) is 9.97 Å². The number of alkyl halides is 3. The Morgan fingerprint density at radius 1 is 1.03 bits per heavy atom. The molecule has 3 N–H and O–H groups in total. The third kappa shape index (κ3) is 10.00. The molecule has 2 amide bonds. The van der Waals surface area contributed by atoms with Gasteiger partial charge in [0.15, 0.2) is 0 Å². The zero-order chi connectivity index (χ0) is 27.4. The molecule has 0 atom stereocenters. The van der Waals surface area contributed by atoms with Gasteiger partial charge in [0.25, 0.3) is 5.91 Å². The Bertz CT molecular complexity index is 1210. The number of hydrogen-bond donors (Lipinski definition) is 3. The van der Waals surface area contributed by atoms with Gasteiger partial charge in [-0.2, -0.15) is 0 Å². The number of halogens is 3. The number of rotatable bonds is 13. The number of benzene rings is 1. The molecule has 0 aliphatic heterocycles. The van der Waals surface area contributed by atoms with Crippen LogP contribution in [0.5, 0.6) is 5.75 Å². The van der Waals surface area contributed by atoms with Crippen LogP contribution in [0.15, 0.2) is 66.0 Å². The number of anilines is 2. The molecule has 3 rings (SSSR count). The summed E-state index contributed by atoms with van der Waals surface area (Å²) in [6, 6.07) is 11.6. The lowest BCUT2D eigenvalue weighted by Crippen LogP contribution is -2.30. The predicted octanol–water partition coefficient (Wildman–Crippen LogP) is 4.48. The second-order valence-electron chi connectivity index (χ2n) is 7.64. The highest BCUT2D eigenvalue weighted by Crippen LogP contribution is 2.27. The average molecular weight is 550 g/mol. The van der Waals surface area contributed by atoms with Crippen LogP contribution in [-0.2, 0) is 15.3 Å². The van der Waals surface area contributed by atoms with E-state index in [0.29, 0.717) is 47.6 Å². The number of nitrogens with zero attached hydrogens (tertiary/aromatic N) is 2. The summed E-state index contributed by atoms with van der Waals surface area (Å²) in [4.78, 5) is 33.4. The lowest BCUT2D eigenvalue weighted by atomic mass is 10.2. The Morgan fingerprint density at radius 2 is 1.82 bits per heavy atom. The molecule has 0 saturated heterocycles. The molecule has 0 bridgehead atoms. The number of aromatic nitrogens is 2. The lowest BCUT2D eigenvalue weighted by molar-refractivity contribution is -0.274. The van der Waals surface area contributed by atoms with Crippen molar-refractivity contribution in [3.8, 4) is 5.75 Å². The largest absolute Gasteiger partial charge is 0.573 e. The van der Waals surface area contributed by atoms with Crippen LogP contribution in [0.25, 0.3) is 0 Å². The van der Waals surface area contributed by atoms with Crippen LogP contribution >= 0.6 is 11.8 Å². The lowest BCUT2D eigenvalue weighted by Gasteiger charge is -2.11. The molecule has 0 saturated carbocycles. The normalized spacial score (nSPS) is 11.2. The van der Waals surface area contributed by atoms with Gasteiger partial charge in [0, 0.05) is 37.0 Å². The molecule has 13 heteroatoms. The van der Waals surface area contributed by atoms with Crippen molar-refractivity contribution in [1.29, 1.82) is 0 Å². The van der Waals surface area contributed by atoms with E-state index in [4.69, 9.17) is 4.74 Å². The summed E-state index contributed by atoms with van der Waals surface area (Å²) < 4.78 is 46.1. The Labute approximate surface area is 221 Å². The number of ether oxygens (including phenoxy) is 2. The Kier molecular flexibility index (Phi) is 10.9. The minimum absolute atomic E-state index is 0.123. The smallest absolute Gasteiger partial charge is 0.406 e. The van der Waals surface area contributed by atoms with Crippen LogP contribution in [0.1, 0.15) is 22.8 Å². The van der Waals surface area contributed by atoms with Crippen molar-refractivity contribution in [2.24, 2.45) is 0 Å².